The maximum Gasteiger partial charge on any atom is 0.199 e. The van der Waals surface area contributed by atoms with Crippen LogP contribution in [0.3, 0.4) is 0 Å². The number of allylic oxidation sites excluding steroid dienone is 1. The molecule has 0 spiro atoms. The van der Waals surface area contributed by atoms with Crippen LogP contribution in [0, 0.1) is 0 Å². The molecule has 3 rings (SSSR count). The van der Waals surface area contributed by atoms with Gasteiger partial charge in [-0.15, -0.1) is 0 Å². The fourth-order valence-electron chi connectivity index (χ4n) is 2.02. The van der Waals surface area contributed by atoms with Gasteiger partial charge in [-0.3, -0.25) is 4.79 Å². The number of hydrogen-bond donors (Lipinski definition) is 2. The summed E-state index contributed by atoms with van der Waals surface area (Å²) in [5, 5.41) is 3.75. The van der Waals surface area contributed by atoms with Crippen molar-refractivity contribution in [3.63, 3.8) is 0 Å². The zero-order valence-electron chi connectivity index (χ0n) is 12.3. The summed E-state index contributed by atoms with van der Waals surface area (Å²) in [5.74, 6) is 0.0982. The Kier molecular flexibility index (Phi) is 4.49. The summed E-state index contributed by atoms with van der Waals surface area (Å²) in [6, 6.07) is 19.3. The highest BCUT2D eigenvalue weighted by Crippen LogP contribution is 2.28. The molecule has 4 nitrogen and oxygen atoms in total. The average Bonchev–Trinajstić information content (AvgIpc) is 2.95. The molecule has 1 heterocycles. The third-order valence-corrected chi connectivity index (χ3v) is 4.13. The second kappa shape index (κ2) is 6.89. The minimum Gasteiger partial charge on any atom is -0.382 e. The lowest BCUT2D eigenvalue weighted by Crippen LogP contribution is -1.97. The number of carbonyl (C=O) groups excluding carboxylic acids is 1. The lowest BCUT2D eigenvalue weighted by Gasteiger charge is -2.00. The first-order valence-corrected chi connectivity index (χ1v) is 7.90. The standard InChI is InChI=1S/C18H15N3OS/c19-17-16(15(22)12-11-13-7-3-1-4-8-13)23-18(21-17)20-14-9-5-2-6-10-14/h1-12H,19H2,(H,20,21)/b12-11+. The smallest absolute Gasteiger partial charge is 0.199 e. The van der Waals surface area contributed by atoms with Gasteiger partial charge in [-0.2, -0.15) is 0 Å². The number of para-hydroxylation sites is 1. The van der Waals surface area contributed by atoms with Gasteiger partial charge in [0.15, 0.2) is 10.9 Å². The van der Waals surface area contributed by atoms with E-state index in [9.17, 15) is 4.79 Å². The van der Waals surface area contributed by atoms with E-state index in [0.717, 1.165) is 11.3 Å². The Bertz CT molecular complexity index is 826. The first-order valence-electron chi connectivity index (χ1n) is 7.08. The van der Waals surface area contributed by atoms with Gasteiger partial charge >= 0.3 is 0 Å². The predicted molar refractivity (Wildman–Crippen MR) is 96.1 cm³/mol. The van der Waals surface area contributed by atoms with Crippen LogP contribution in [0.25, 0.3) is 6.08 Å². The molecule has 1 aromatic heterocycles. The molecule has 23 heavy (non-hydrogen) atoms. The van der Waals surface area contributed by atoms with Crippen molar-refractivity contribution < 1.29 is 4.79 Å². The highest BCUT2D eigenvalue weighted by Gasteiger charge is 2.14. The topological polar surface area (TPSA) is 68.0 Å². The number of carbonyl (C=O) groups is 1. The summed E-state index contributed by atoms with van der Waals surface area (Å²) in [7, 11) is 0. The maximum atomic E-state index is 12.3. The number of hydrogen-bond acceptors (Lipinski definition) is 5. The molecule has 0 aliphatic carbocycles. The van der Waals surface area contributed by atoms with E-state index in [0.29, 0.717) is 10.0 Å². The SMILES string of the molecule is Nc1nc(Nc2ccccc2)sc1C(=O)/C=C/c1ccccc1. The summed E-state index contributed by atoms with van der Waals surface area (Å²) in [6.45, 7) is 0. The zero-order valence-corrected chi connectivity index (χ0v) is 13.1. The maximum absolute atomic E-state index is 12.3. The number of nitrogens with two attached hydrogens (primary N) is 1. The second-order valence-electron chi connectivity index (χ2n) is 4.83. The highest BCUT2D eigenvalue weighted by molar-refractivity contribution is 7.18. The van der Waals surface area contributed by atoms with E-state index in [2.05, 4.69) is 10.3 Å². The summed E-state index contributed by atoms with van der Waals surface area (Å²) in [6.07, 6.45) is 3.29. The highest BCUT2D eigenvalue weighted by atomic mass is 32.1. The molecule has 0 bridgehead atoms. The van der Waals surface area contributed by atoms with E-state index >= 15 is 0 Å². The quantitative estimate of drug-likeness (QED) is 0.541. The minimum atomic E-state index is -0.148. The first-order chi connectivity index (χ1) is 11.2. The Labute approximate surface area is 138 Å². The third kappa shape index (κ3) is 3.84. The van der Waals surface area contributed by atoms with E-state index in [1.165, 1.54) is 17.4 Å². The van der Waals surface area contributed by atoms with Crippen LogP contribution in [0.15, 0.2) is 66.7 Å². The number of nitrogen functional groups attached to an aromatic ring is 1. The van der Waals surface area contributed by atoms with Gasteiger partial charge in [0.1, 0.15) is 10.7 Å². The van der Waals surface area contributed by atoms with E-state index in [1.54, 1.807) is 6.08 Å². The summed E-state index contributed by atoms with van der Waals surface area (Å²) < 4.78 is 0. The molecule has 0 atom stereocenters. The number of benzene rings is 2. The normalized spacial score (nSPS) is 10.8. The molecular formula is C18H15N3OS. The summed E-state index contributed by atoms with van der Waals surface area (Å²) >= 11 is 1.25. The molecule has 2 aromatic carbocycles. The van der Waals surface area contributed by atoms with E-state index in [4.69, 9.17) is 5.73 Å². The van der Waals surface area contributed by atoms with Gasteiger partial charge < -0.3 is 11.1 Å². The van der Waals surface area contributed by atoms with Crippen LogP contribution in [-0.4, -0.2) is 10.8 Å². The van der Waals surface area contributed by atoms with E-state index in [-0.39, 0.29) is 11.6 Å². The number of nitrogens with zero attached hydrogens (tertiary/aromatic N) is 1. The van der Waals surface area contributed by atoms with Crippen molar-refractivity contribution >= 4 is 39.8 Å². The molecule has 0 fully saturated rings. The Morgan fingerprint density at radius 3 is 2.39 bits per heavy atom. The van der Waals surface area contributed by atoms with Gasteiger partial charge in [-0.05, 0) is 23.8 Å². The minimum absolute atomic E-state index is 0.148. The fraction of sp³-hybridized carbons (Fsp3) is 0. The predicted octanol–water partition coefficient (Wildman–Crippen LogP) is 4.37. The van der Waals surface area contributed by atoms with Gasteiger partial charge in [-0.1, -0.05) is 65.9 Å². The van der Waals surface area contributed by atoms with Gasteiger partial charge in [-0.25, -0.2) is 4.98 Å². The number of ketones is 1. The van der Waals surface area contributed by atoms with Crippen molar-refractivity contribution in [1.29, 1.82) is 0 Å². The molecule has 0 amide bonds. The molecule has 0 aliphatic heterocycles. The van der Waals surface area contributed by atoms with E-state index < -0.39 is 0 Å². The summed E-state index contributed by atoms with van der Waals surface area (Å²) in [5.41, 5.74) is 7.74. The Balaban J connectivity index is 1.75. The Hall–Kier alpha value is -2.92. The molecule has 0 saturated carbocycles. The van der Waals surface area contributed by atoms with Crippen LogP contribution >= 0.6 is 11.3 Å². The van der Waals surface area contributed by atoms with Crippen LogP contribution in [0.2, 0.25) is 0 Å². The molecular weight excluding hydrogens is 306 g/mol. The monoisotopic (exact) mass is 321 g/mol. The molecule has 3 N–H and O–H groups in total. The van der Waals surface area contributed by atoms with Crippen molar-refractivity contribution in [3.05, 3.63) is 77.2 Å². The molecule has 0 radical (unpaired) electrons. The number of aromatic nitrogens is 1. The Morgan fingerprint density at radius 1 is 1.04 bits per heavy atom. The van der Waals surface area contributed by atoms with Crippen LogP contribution in [0.4, 0.5) is 16.6 Å². The van der Waals surface area contributed by atoms with Crippen LogP contribution in [-0.2, 0) is 0 Å². The zero-order chi connectivity index (χ0) is 16.1. The van der Waals surface area contributed by atoms with Crippen molar-refractivity contribution in [2.75, 3.05) is 11.1 Å². The van der Waals surface area contributed by atoms with Gasteiger partial charge in [0.2, 0.25) is 0 Å². The molecule has 3 aromatic rings. The fourth-order valence-corrected chi connectivity index (χ4v) is 2.84. The molecule has 0 unspecified atom stereocenters. The third-order valence-electron chi connectivity index (χ3n) is 3.13. The number of anilines is 3. The average molecular weight is 321 g/mol. The molecule has 114 valence electrons. The van der Waals surface area contributed by atoms with Crippen molar-refractivity contribution in [1.82, 2.24) is 4.98 Å². The molecule has 0 aliphatic rings. The van der Waals surface area contributed by atoms with Gasteiger partial charge in [0.25, 0.3) is 0 Å². The van der Waals surface area contributed by atoms with Crippen LogP contribution in [0.1, 0.15) is 15.2 Å². The number of rotatable bonds is 5. The van der Waals surface area contributed by atoms with Crippen molar-refractivity contribution in [2.24, 2.45) is 0 Å². The largest absolute Gasteiger partial charge is 0.382 e. The second-order valence-corrected chi connectivity index (χ2v) is 5.83. The van der Waals surface area contributed by atoms with Crippen LogP contribution in [0.5, 0.6) is 0 Å². The Morgan fingerprint density at radius 2 is 1.70 bits per heavy atom. The lowest BCUT2D eigenvalue weighted by atomic mass is 10.2. The van der Waals surface area contributed by atoms with Crippen molar-refractivity contribution in [2.45, 2.75) is 0 Å². The summed E-state index contributed by atoms with van der Waals surface area (Å²) in [4.78, 5) is 16.9. The van der Waals surface area contributed by atoms with E-state index in [1.807, 2.05) is 60.7 Å². The lowest BCUT2D eigenvalue weighted by molar-refractivity contribution is 0.105. The molecule has 5 heteroatoms. The first kappa shape index (κ1) is 15.0. The van der Waals surface area contributed by atoms with Gasteiger partial charge in [0, 0.05) is 5.69 Å². The number of thiazole rings is 1. The molecule has 0 saturated heterocycles. The van der Waals surface area contributed by atoms with Crippen LogP contribution < -0.4 is 11.1 Å². The van der Waals surface area contributed by atoms with Crippen molar-refractivity contribution in [3.8, 4) is 0 Å². The van der Waals surface area contributed by atoms with Gasteiger partial charge in [0.05, 0.1) is 0 Å². The number of nitrogens with one attached hydrogen (secondary N) is 1.